The number of hydrogen-bond acceptors (Lipinski definition) is 6. The fraction of sp³-hybridized carbons (Fsp3) is 0.348. The molecule has 8 heteroatoms. The summed E-state index contributed by atoms with van der Waals surface area (Å²) in [5.41, 5.74) is 2.90. The first-order valence-electron chi connectivity index (χ1n) is 10.4. The minimum Gasteiger partial charge on any atom is -0.493 e. The Kier molecular flexibility index (Phi) is 6.99. The van der Waals surface area contributed by atoms with Crippen LogP contribution in [-0.2, 0) is 29.0 Å². The van der Waals surface area contributed by atoms with E-state index in [2.05, 4.69) is 21.7 Å². The van der Waals surface area contributed by atoms with Gasteiger partial charge >= 0.3 is 0 Å². The van der Waals surface area contributed by atoms with Crippen LogP contribution in [0.15, 0.2) is 41.1 Å². The molecular weight excluding hydrogens is 430 g/mol. The zero-order valence-electron chi connectivity index (χ0n) is 17.4. The number of rotatable bonds is 8. The summed E-state index contributed by atoms with van der Waals surface area (Å²) < 4.78 is 5.67. The van der Waals surface area contributed by atoms with Crippen LogP contribution in [0, 0.1) is 0 Å². The Morgan fingerprint density at radius 3 is 2.97 bits per heavy atom. The Morgan fingerprint density at radius 1 is 1.23 bits per heavy atom. The van der Waals surface area contributed by atoms with Crippen LogP contribution in [0.2, 0.25) is 0 Å². The average Bonchev–Trinajstić information content (AvgIpc) is 3.43. The van der Waals surface area contributed by atoms with Crippen molar-refractivity contribution >= 4 is 34.5 Å². The minimum absolute atomic E-state index is 0.0839. The number of thiazole rings is 1. The van der Waals surface area contributed by atoms with E-state index in [1.165, 1.54) is 21.8 Å². The Morgan fingerprint density at radius 2 is 2.10 bits per heavy atom. The van der Waals surface area contributed by atoms with E-state index < -0.39 is 0 Å². The lowest BCUT2D eigenvalue weighted by Crippen LogP contribution is -2.37. The minimum atomic E-state index is -0.124. The smallest absolute Gasteiger partial charge is 0.226 e. The number of carbonyl (C=O) groups excluding carboxylic acids is 2. The van der Waals surface area contributed by atoms with Gasteiger partial charge in [-0.15, -0.1) is 22.7 Å². The van der Waals surface area contributed by atoms with Crippen LogP contribution >= 0.6 is 22.7 Å². The van der Waals surface area contributed by atoms with Crippen molar-refractivity contribution in [3.05, 3.63) is 57.2 Å². The standard InChI is InChI=1S/C23H25N3O3S2/c1-2-29-19-6-4-3-5-18(19)23-25-17(15-31-23)13-21(27)24-10-7-22(28)26-11-8-20-16(14-26)9-12-30-20/h3-6,9,12,15H,2,7-8,10-11,13-14H2,1H3,(H,24,27). The van der Waals surface area contributed by atoms with Gasteiger partial charge in [0.1, 0.15) is 10.8 Å². The van der Waals surface area contributed by atoms with Gasteiger partial charge in [-0.3, -0.25) is 9.59 Å². The molecule has 0 saturated carbocycles. The molecule has 0 unspecified atom stereocenters. The third-order valence-corrected chi connectivity index (χ3v) is 7.08. The number of nitrogens with one attached hydrogen (secondary N) is 1. The number of aromatic nitrogens is 1. The monoisotopic (exact) mass is 455 g/mol. The van der Waals surface area contributed by atoms with Crippen molar-refractivity contribution in [1.29, 1.82) is 0 Å². The molecule has 3 heterocycles. The van der Waals surface area contributed by atoms with E-state index >= 15 is 0 Å². The van der Waals surface area contributed by atoms with E-state index in [1.807, 2.05) is 41.5 Å². The lowest BCUT2D eigenvalue weighted by Gasteiger charge is -2.27. The molecule has 1 aromatic carbocycles. The lowest BCUT2D eigenvalue weighted by atomic mass is 10.1. The molecule has 2 aromatic heterocycles. The van der Waals surface area contributed by atoms with E-state index in [-0.39, 0.29) is 18.2 Å². The zero-order chi connectivity index (χ0) is 21.6. The average molecular weight is 456 g/mol. The molecule has 3 aromatic rings. The Labute approximate surface area is 189 Å². The van der Waals surface area contributed by atoms with Crippen LogP contribution in [0.5, 0.6) is 5.75 Å². The van der Waals surface area contributed by atoms with Crippen LogP contribution in [0.4, 0.5) is 0 Å². The fourth-order valence-electron chi connectivity index (χ4n) is 3.59. The number of carbonyl (C=O) groups is 2. The molecular formula is C23H25N3O3S2. The van der Waals surface area contributed by atoms with Crippen LogP contribution in [-0.4, -0.2) is 41.4 Å². The van der Waals surface area contributed by atoms with Crippen molar-refractivity contribution in [3.63, 3.8) is 0 Å². The Balaban J connectivity index is 1.25. The number of fused-ring (bicyclic) bond motifs is 1. The van der Waals surface area contributed by atoms with Crippen molar-refractivity contribution in [2.24, 2.45) is 0 Å². The summed E-state index contributed by atoms with van der Waals surface area (Å²) in [5, 5.41) is 7.66. The maximum absolute atomic E-state index is 12.5. The molecule has 4 rings (SSSR count). The first-order valence-corrected chi connectivity index (χ1v) is 12.2. The summed E-state index contributed by atoms with van der Waals surface area (Å²) in [6.45, 7) is 4.31. The highest BCUT2D eigenvalue weighted by atomic mass is 32.1. The van der Waals surface area contributed by atoms with Gasteiger partial charge in [0.25, 0.3) is 0 Å². The van der Waals surface area contributed by atoms with E-state index in [9.17, 15) is 9.59 Å². The predicted octanol–water partition coefficient (Wildman–Crippen LogP) is 3.90. The second-order valence-electron chi connectivity index (χ2n) is 7.28. The highest BCUT2D eigenvalue weighted by Crippen LogP contribution is 2.32. The number of nitrogens with zero attached hydrogens (tertiary/aromatic N) is 2. The third-order valence-electron chi connectivity index (χ3n) is 5.13. The molecule has 31 heavy (non-hydrogen) atoms. The normalized spacial score (nSPS) is 13.0. The molecule has 0 radical (unpaired) electrons. The van der Waals surface area contributed by atoms with Gasteiger partial charge in [-0.25, -0.2) is 4.98 Å². The van der Waals surface area contributed by atoms with Crippen molar-refractivity contribution in [3.8, 4) is 16.3 Å². The van der Waals surface area contributed by atoms with Gasteiger partial charge in [-0.2, -0.15) is 0 Å². The second kappa shape index (κ2) is 10.1. The molecule has 0 fully saturated rings. The number of amides is 2. The van der Waals surface area contributed by atoms with Crippen LogP contribution < -0.4 is 10.1 Å². The molecule has 0 saturated heterocycles. The Hall–Kier alpha value is -2.71. The molecule has 1 aliphatic rings. The maximum Gasteiger partial charge on any atom is 0.226 e. The summed E-state index contributed by atoms with van der Waals surface area (Å²) in [6.07, 6.45) is 1.43. The molecule has 1 aliphatic heterocycles. The van der Waals surface area contributed by atoms with Gasteiger partial charge in [0, 0.05) is 36.3 Å². The first kappa shape index (κ1) is 21.5. The predicted molar refractivity (Wildman–Crippen MR) is 123 cm³/mol. The maximum atomic E-state index is 12.5. The fourth-order valence-corrected chi connectivity index (χ4v) is 5.33. The quantitative estimate of drug-likeness (QED) is 0.559. The van der Waals surface area contributed by atoms with Crippen LogP contribution in [0.3, 0.4) is 0 Å². The second-order valence-corrected chi connectivity index (χ2v) is 9.14. The van der Waals surface area contributed by atoms with Crippen LogP contribution in [0.25, 0.3) is 10.6 Å². The van der Waals surface area contributed by atoms with Crippen LogP contribution in [0.1, 0.15) is 29.5 Å². The molecule has 6 nitrogen and oxygen atoms in total. The van der Waals surface area contributed by atoms with E-state index in [4.69, 9.17) is 4.74 Å². The van der Waals surface area contributed by atoms with Gasteiger partial charge in [-0.05, 0) is 42.5 Å². The molecule has 0 aliphatic carbocycles. The third kappa shape index (κ3) is 5.32. The summed E-state index contributed by atoms with van der Waals surface area (Å²) in [6, 6.07) is 9.87. The van der Waals surface area contributed by atoms with Gasteiger partial charge in [0.2, 0.25) is 11.8 Å². The number of benzene rings is 1. The number of para-hydroxylation sites is 1. The van der Waals surface area contributed by atoms with Gasteiger partial charge in [0.15, 0.2) is 0 Å². The van der Waals surface area contributed by atoms with Gasteiger partial charge in [-0.1, -0.05) is 12.1 Å². The lowest BCUT2D eigenvalue weighted by molar-refractivity contribution is -0.132. The SMILES string of the molecule is CCOc1ccccc1-c1nc(CC(=O)NCCC(=O)N2CCc3sccc3C2)cs1. The summed E-state index contributed by atoms with van der Waals surface area (Å²) in [7, 11) is 0. The summed E-state index contributed by atoms with van der Waals surface area (Å²) in [4.78, 5) is 32.6. The van der Waals surface area contributed by atoms with E-state index in [0.29, 0.717) is 26.1 Å². The highest BCUT2D eigenvalue weighted by Gasteiger charge is 2.21. The van der Waals surface area contributed by atoms with Crippen molar-refractivity contribution in [1.82, 2.24) is 15.2 Å². The molecule has 162 valence electrons. The number of thiophene rings is 1. The molecule has 0 atom stereocenters. The summed E-state index contributed by atoms with van der Waals surface area (Å²) >= 11 is 3.25. The number of hydrogen-bond donors (Lipinski definition) is 1. The number of ether oxygens (including phenoxy) is 1. The molecule has 0 bridgehead atoms. The van der Waals surface area contributed by atoms with Gasteiger partial charge < -0.3 is 15.0 Å². The highest BCUT2D eigenvalue weighted by molar-refractivity contribution is 7.13. The molecule has 0 spiro atoms. The topological polar surface area (TPSA) is 71.5 Å². The van der Waals surface area contributed by atoms with E-state index in [1.54, 1.807) is 11.3 Å². The van der Waals surface area contributed by atoms with Crippen molar-refractivity contribution in [2.75, 3.05) is 19.7 Å². The van der Waals surface area contributed by atoms with Gasteiger partial charge in [0.05, 0.1) is 24.3 Å². The van der Waals surface area contributed by atoms with E-state index in [0.717, 1.165) is 35.0 Å². The Bertz CT molecular complexity index is 1060. The van der Waals surface area contributed by atoms with Crippen molar-refractivity contribution in [2.45, 2.75) is 32.7 Å². The zero-order valence-corrected chi connectivity index (χ0v) is 19.1. The van der Waals surface area contributed by atoms with Crippen molar-refractivity contribution < 1.29 is 14.3 Å². The molecule has 1 N–H and O–H groups in total. The summed E-state index contributed by atoms with van der Waals surface area (Å²) in [5.74, 6) is 0.753. The largest absolute Gasteiger partial charge is 0.493 e. The molecule has 2 amide bonds. The first-order chi connectivity index (χ1) is 15.1.